The summed E-state index contributed by atoms with van der Waals surface area (Å²) in [5, 5.41) is 9.57. The quantitative estimate of drug-likeness (QED) is 0.861. The Morgan fingerprint density at radius 2 is 1.90 bits per heavy atom. The molecule has 0 bridgehead atoms. The van der Waals surface area contributed by atoms with E-state index in [1.165, 1.54) is 12.1 Å². The van der Waals surface area contributed by atoms with Crippen molar-refractivity contribution >= 4 is 17.5 Å². The average molecular weight is 298 g/mol. The lowest BCUT2D eigenvalue weighted by Gasteiger charge is -2.37. The van der Waals surface area contributed by atoms with Gasteiger partial charge in [0.15, 0.2) is 5.79 Å². The number of phenolic OH excluding ortho intramolecular Hbond substituents is 1. The van der Waals surface area contributed by atoms with Crippen LogP contribution in [0.15, 0.2) is 18.2 Å². The zero-order chi connectivity index (χ0) is 14.2. The van der Waals surface area contributed by atoms with E-state index in [4.69, 9.17) is 21.1 Å². The summed E-state index contributed by atoms with van der Waals surface area (Å²) < 4.78 is 11.3. The van der Waals surface area contributed by atoms with Crippen LogP contribution >= 0.6 is 11.6 Å². The predicted octanol–water partition coefficient (Wildman–Crippen LogP) is 2.02. The van der Waals surface area contributed by atoms with Crippen LogP contribution in [0.3, 0.4) is 0 Å². The van der Waals surface area contributed by atoms with Crippen molar-refractivity contribution in [1.29, 1.82) is 0 Å². The predicted molar refractivity (Wildman–Crippen MR) is 72.9 cm³/mol. The topological polar surface area (TPSA) is 59.0 Å². The fourth-order valence-corrected chi connectivity index (χ4v) is 2.84. The highest BCUT2D eigenvalue weighted by Gasteiger charge is 2.40. The molecule has 0 atom stereocenters. The first-order valence-electron chi connectivity index (χ1n) is 6.65. The summed E-state index contributed by atoms with van der Waals surface area (Å²) in [5.74, 6) is -0.586. The van der Waals surface area contributed by atoms with E-state index in [1.54, 1.807) is 11.0 Å². The Morgan fingerprint density at radius 3 is 2.50 bits per heavy atom. The summed E-state index contributed by atoms with van der Waals surface area (Å²) in [4.78, 5) is 14.1. The molecular formula is C14H16ClNO4. The number of carbonyl (C=O) groups excluding carboxylic acids is 1. The molecule has 1 amide bonds. The number of hydrogen-bond donors (Lipinski definition) is 1. The van der Waals surface area contributed by atoms with Crippen molar-refractivity contribution < 1.29 is 19.4 Å². The van der Waals surface area contributed by atoms with Gasteiger partial charge >= 0.3 is 0 Å². The number of ether oxygens (including phenoxy) is 2. The number of carbonyl (C=O) groups is 1. The molecule has 0 aliphatic carbocycles. The van der Waals surface area contributed by atoms with Gasteiger partial charge in [-0.15, -0.1) is 0 Å². The van der Waals surface area contributed by atoms with E-state index < -0.39 is 5.79 Å². The van der Waals surface area contributed by atoms with Crippen LogP contribution in [0.5, 0.6) is 5.75 Å². The normalized spacial score (nSPS) is 21.4. The van der Waals surface area contributed by atoms with Gasteiger partial charge in [0.25, 0.3) is 5.91 Å². The van der Waals surface area contributed by atoms with Crippen molar-refractivity contribution in [3.05, 3.63) is 28.8 Å². The van der Waals surface area contributed by atoms with Crippen molar-refractivity contribution in [2.24, 2.45) is 0 Å². The molecule has 0 unspecified atom stereocenters. The summed E-state index contributed by atoms with van der Waals surface area (Å²) in [6.07, 6.45) is 1.37. The lowest BCUT2D eigenvalue weighted by molar-refractivity contribution is -0.181. The zero-order valence-corrected chi connectivity index (χ0v) is 11.7. The Balaban J connectivity index is 1.68. The number of nitrogens with zero attached hydrogens (tertiary/aromatic N) is 1. The van der Waals surface area contributed by atoms with E-state index >= 15 is 0 Å². The summed E-state index contributed by atoms with van der Waals surface area (Å²) in [7, 11) is 0. The number of benzene rings is 1. The van der Waals surface area contributed by atoms with Crippen molar-refractivity contribution in [1.82, 2.24) is 4.90 Å². The number of halogens is 1. The van der Waals surface area contributed by atoms with Crippen LogP contribution in [0, 0.1) is 0 Å². The molecule has 6 heteroatoms. The maximum Gasteiger partial charge on any atom is 0.253 e. The summed E-state index contributed by atoms with van der Waals surface area (Å²) in [6, 6.07) is 4.51. The number of phenols is 1. The second-order valence-electron chi connectivity index (χ2n) is 5.07. The van der Waals surface area contributed by atoms with Crippen LogP contribution < -0.4 is 0 Å². The highest BCUT2D eigenvalue weighted by Crippen LogP contribution is 2.32. The van der Waals surface area contributed by atoms with Crippen LogP contribution in [0.4, 0.5) is 0 Å². The lowest BCUT2D eigenvalue weighted by Crippen LogP contribution is -2.47. The maximum atomic E-state index is 12.4. The van der Waals surface area contributed by atoms with Gasteiger partial charge in [0.2, 0.25) is 0 Å². The Kier molecular flexibility index (Phi) is 3.58. The number of likely N-dealkylation sites (tertiary alicyclic amines) is 1. The molecule has 20 heavy (non-hydrogen) atoms. The van der Waals surface area contributed by atoms with Crippen molar-refractivity contribution in [3.63, 3.8) is 0 Å². The van der Waals surface area contributed by atoms with Gasteiger partial charge in [0.1, 0.15) is 5.75 Å². The van der Waals surface area contributed by atoms with Crippen molar-refractivity contribution in [2.75, 3.05) is 26.3 Å². The molecule has 0 saturated carbocycles. The van der Waals surface area contributed by atoms with E-state index in [0.717, 1.165) is 0 Å². The van der Waals surface area contributed by atoms with Gasteiger partial charge in [-0.2, -0.15) is 0 Å². The molecule has 0 radical (unpaired) electrons. The molecule has 1 aromatic carbocycles. The van der Waals surface area contributed by atoms with E-state index in [9.17, 15) is 9.90 Å². The first-order valence-corrected chi connectivity index (χ1v) is 7.03. The second-order valence-corrected chi connectivity index (χ2v) is 5.47. The monoisotopic (exact) mass is 297 g/mol. The second kappa shape index (κ2) is 5.24. The number of amides is 1. The van der Waals surface area contributed by atoms with Gasteiger partial charge in [0.05, 0.1) is 18.2 Å². The molecule has 2 aliphatic heterocycles. The van der Waals surface area contributed by atoms with Gasteiger partial charge in [-0.1, -0.05) is 11.6 Å². The molecule has 0 aromatic heterocycles. The zero-order valence-electron chi connectivity index (χ0n) is 11.0. The molecule has 3 rings (SSSR count). The van der Waals surface area contributed by atoms with Gasteiger partial charge in [0, 0.05) is 31.5 Å². The van der Waals surface area contributed by atoms with Crippen LogP contribution in [0.2, 0.25) is 5.02 Å². The molecule has 2 saturated heterocycles. The van der Waals surface area contributed by atoms with Crippen LogP contribution in [0.25, 0.3) is 0 Å². The molecule has 2 aliphatic rings. The van der Waals surface area contributed by atoms with Crippen molar-refractivity contribution in [3.8, 4) is 5.75 Å². The Labute approximate surface area is 122 Å². The standard InChI is InChI=1S/C14H16ClNO4/c15-11-9-10(1-2-12(11)17)13(18)16-5-3-14(4-6-16)19-7-8-20-14/h1-2,9,17H,3-8H2. The van der Waals surface area contributed by atoms with E-state index in [-0.39, 0.29) is 16.7 Å². The molecule has 1 aromatic rings. The molecule has 1 spiro atoms. The third-order valence-electron chi connectivity index (χ3n) is 3.82. The first-order chi connectivity index (χ1) is 9.60. The summed E-state index contributed by atoms with van der Waals surface area (Å²) in [6.45, 7) is 2.44. The molecule has 108 valence electrons. The Morgan fingerprint density at radius 1 is 1.25 bits per heavy atom. The van der Waals surface area contributed by atoms with Gasteiger partial charge in [-0.3, -0.25) is 4.79 Å². The third kappa shape index (κ3) is 2.49. The minimum Gasteiger partial charge on any atom is -0.506 e. The van der Waals surface area contributed by atoms with Crippen LogP contribution in [0.1, 0.15) is 23.2 Å². The molecular weight excluding hydrogens is 282 g/mol. The SMILES string of the molecule is O=C(c1ccc(O)c(Cl)c1)N1CCC2(CC1)OCCO2. The summed E-state index contributed by atoms with van der Waals surface area (Å²) >= 11 is 5.83. The van der Waals surface area contributed by atoms with Crippen LogP contribution in [-0.2, 0) is 9.47 Å². The largest absolute Gasteiger partial charge is 0.506 e. The Hall–Kier alpha value is -1.30. The number of piperidine rings is 1. The highest BCUT2D eigenvalue weighted by molar-refractivity contribution is 6.32. The smallest absolute Gasteiger partial charge is 0.253 e. The molecule has 2 heterocycles. The minimum absolute atomic E-state index is 0.0198. The average Bonchev–Trinajstić information content (AvgIpc) is 2.90. The Bertz CT molecular complexity index is 518. The third-order valence-corrected chi connectivity index (χ3v) is 4.12. The van der Waals surface area contributed by atoms with E-state index in [2.05, 4.69) is 0 Å². The van der Waals surface area contributed by atoms with E-state index in [0.29, 0.717) is 44.7 Å². The fraction of sp³-hybridized carbons (Fsp3) is 0.500. The van der Waals surface area contributed by atoms with Gasteiger partial charge in [-0.05, 0) is 18.2 Å². The van der Waals surface area contributed by atoms with E-state index in [1.807, 2.05) is 0 Å². The molecule has 1 N–H and O–H groups in total. The summed E-state index contributed by atoms with van der Waals surface area (Å²) in [5.41, 5.74) is 0.483. The number of rotatable bonds is 1. The maximum absolute atomic E-state index is 12.4. The van der Waals surface area contributed by atoms with Crippen LogP contribution in [-0.4, -0.2) is 48.0 Å². The molecule has 5 nitrogen and oxygen atoms in total. The van der Waals surface area contributed by atoms with Gasteiger partial charge in [-0.25, -0.2) is 0 Å². The highest BCUT2D eigenvalue weighted by atomic mass is 35.5. The number of aromatic hydroxyl groups is 1. The first kappa shape index (κ1) is 13.7. The van der Waals surface area contributed by atoms with Crippen molar-refractivity contribution in [2.45, 2.75) is 18.6 Å². The number of hydrogen-bond acceptors (Lipinski definition) is 4. The molecule has 2 fully saturated rings. The fourth-order valence-electron chi connectivity index (χ4n) is 2.66. The lowest BCUT2D eigenvalue weighted by atomic mass is 10.0. The van der Waals surface area contributed by atoms with Gasteiger partial charge < -0.3 is 19.5 Å². The minimum atomic E-state index is -0.483.